The van der Waals surface area contributed by atoms with Crippen LogP contribution in [0.1, 0.15) is 13.3 Å². The standard InChI is InChI=1S/C10H13F2NO2S/c1-7(13)4-5-16(14,15)8-2-3-9(11)10(12)6-8/h2-3,6-7H,4-5,13H2,1H3. The second-order valence-electron chi connectivity index (χ2n) is 3.66. The van der Waals surface area contributed by atoms with E-state index in [2.05, 4.69) is 0 Å². The molecular weight excluding hydrogens is 236 g/mol. The molecule has 3 nitrogen and oxygen atoms in total. The van der Waals surface area contributed by atoms with E-state index in [0.29, 0.717) is 6.07 Å². The first-order chi connectivity index (χ1) is 7.33. The molecule has 1 aromatic rings. The minimum absolute atomic E-state index is 0.171. The van der Waals surface area contributed by atoms with E-state index in [1.165, 1.54) is 0 Å². The highest BCUT2D eigenvalue weighted by atomic mass is 32.2. The summed E-state index contributed by atoms with van der Waals surface area (Å²) in [5.41, 5.74) is 5.43. The molecule has 0 bridgehead atoms. The van der Waals surface area contributed by atoms with Crippen molar-refractivity contribution in [3.05, 3.63) is 29.8 Å². The van der Waals surface area contributed by atoms with Gasteiger partial charge in [0.05, 0.1) is 10.6 Å². The van der Waals surface area contributed by atoms with Crippen molar-refractivity contribution in [3.63, 3.8) is 0 Å². The van der Waals surface area contributed by atoms with Gasteiger partial charge in [-0.1, -0.05) is 0 Å². The van der Waals surface area contributed by atoms with E-state index in [4.69, 9.17) is 5.73 Å². The van der Waals surface area contributed by atoms with Crippen LogP contribution in [0.5, 0.6) is 0 Å². The Bertz CT molecular complexity index is 472. The Morgan fingerprint density at radius 3 is 2.44 bits per heavy atom. The van der Waals surface area contributed by atoms with Gasteiger partial charge in [0.25, 0.3) is 0 Å². The molecule has 6 heteroatoms. The van der Waals surface area contributed by atoms with Gasteiger partial charge in [-0.3, -0.25) is 0 Å². The summed E-state index contributed by atoms with van der Waals surface area (Å²) in [4.78, 5) is -0.216. The summed E-state index contributed by atoms with van der Waals surface area (Å²) in [6.07, 6.45) is 0.279. The van der Waals surface area contributed by atoms with Gasteiger partial charge in [0.1, 0.15) is 0 Å². The molecule has 0 radical (unpaired) electrons. The number of benzene rings is 1. The summed E-state index contributed by atoms with van der Waals surface area (Å²) in [5.74, 6) is -2.40. The minimum Gasteiger partial charge on any atom is -0.328 e. The fourth-order valence-corrected chi connectivity index (χ4v) is 2.61. The van der Waals surface area contributed by atoms with Crippen molar-refractivity contribution in [2.24, 2.45) is 5.73 Å². The summed E-state index contributed by atoms with van der Waals surface area (Å²) in [6, 6.07) is 2.29. The van der Waals surface area contributed by atoms with Crippen LogP contribution < -0.4 is 5.73 Å². The number of sulfone groups is 1. The molecule has 0 aliphatic heterocycles. The Balaban J connectivity index is 2.94. The SMILES string of the molecule is CC(N)CCS(=O)(=O)c1ccc(F)c(F)c1. The van der Waals surface area contributed by atoms with E-state index in [0.717, 1.165) is 12.1 Å². The molecular formula is C10H13F2NO2S. The Morgan fingerprint density at radius 2 is 1.94 bits per heavy atom. The highest BCUT2D eigenvalue weighted by Gasteiger charge is 2.17. The van der Waals surface area contributed by atoms with Crippen LogP contribution in [-0.2, 0) is 9.84 Å². The predicted octanol–water partition coefficient (Wildman–Crippen LogP) is 1.48. The molecule has 0 aliphatic rings. The number of hydrogen-bond donors (Lipinski definition) is 1. The molecule has 1 rings (SSSR count). The number of rotatable bonds is 4. The average molecular weight is 249 g/mol. The third kappa shape index (κ3) is 3.24. The van der Waals surface area contributed by atoms with E-state index in [1.54, 1.807) is 6.92 Å². The van der Waals surface area contributed by atoms with Crippen LogP contribution in [0.2, 0.25) is 0 Å². The fourth-order valence-electron chi connectivity index (χ4n) is 1.13. The average Bonchev–Trinajstić information content (AvgIpc) is 2.19. The lowest BCUT2D eigenvalue weighted by molar-refractivity contribution is 0.504. The highest BCUT2D eigenvalue weighted by Crippen LogP contribution is 2.16. The van der Waals surface area contributed by atoms with Crippen molar-refractivity contribution >= 4 is 9.84 Å². The van der Waals surface area contributed by atoms with E-state index < -0.39 is 21.5 Å². The lowest BCUT2D eigenvalue weighted by atomic mass is 10.3. The van der Waals surface area contributed by atoms with Crippen LogP contribution in [0.3, 0.4) is 0 Å². The van der Waals surface area contributed by atoms with E-state index >= 15 is 0 Å². The second-order valence-corrected chi connectivity index (χ2v) is 5.77. The molecule has 0 spiro atoms. The summed E-state index contributed by atoms with van der Waals surface area (Å²) in [5, 5.41) is 0. The van der Waals surface area contributed by atoms with Gasteiger partial charge in [0.15, 0.2) is 21.5 Å². The monoisotopic (exact) mass is 249 g/mol. The highest BCUT2D eigenvalue weighted by molar-refractivity contribution is 7.91. The summed E-state index contributed by atoms with van der Waals surface area (Å²) >= 11 is 0. The molecule has 1 atom stereocenters. The van der Waals surface area contributed by atoms with E-state index in [9.17, 15) is 17.2 Å². The van der Waals surface area contributed by atoms with E-state index in [1.807, 2.05) is 0 Å². The smallest absolute Gasteiger partial charge is 0.178 e. The third-order valence-corrected chi connectivity index (χ3v) is 3.84. The molecule has 0 aromatic heterocycles. The molecule has 0 heterocycles. The molecule has 0 saturated heterocycles. The van der Waals surface area contributed by atoms with Crippen molar-refractivity contribution in [2.75, 3.05) is 5.75 Å². The predicted molar refractivity (Wildman–Crippen MR) is 56.7 cm³/mol. The first-order valence-corrected chi connectivity index (χ1v) is 6.41. The Hall–Kier alpha value is -1.01. The van der Waals surface area contributed by atoms with Crippen LogP contribution in [0, 0.1) is 11.6 Å². The molecule has 1 aromatic carbocycles. The second kappa shape index (κ2) is 4.88. The summed E-state index contributed by atoms with van der Waals surface area (Å²) in [6.45, 7) is 1.68. The summed E-state index contributed by atoms with van der Waals surface area (Å²) < 4.78 is 48.8. The number of nitrogens with two attached hydrogens (primary N) is 1. The van der Waals surface area contributed by atoms with Gasteiger partial charge in [-0.05, 0) is 31.5 Å². The van der Waals surface area contributed by atoms with Gasteiger partial charge in [-0.2, -0.15) is 0 Å². The molecule has 0 aliphatic carbocycles. The third-order valence-electron chi connectivity index (χ3n) is 2.09. The zero-order valence-electron chi connectivity index (χ0n) is 8.78. The van der Waals surface area contributed by atoms with Crippen molar-refractivity contribution in [1.82, 2.24) is 0 Å². The van der Waals surface area contributed by atoms with Crippen LogP contribution in [0.4, 0.5) is 8.78 Å². The number of hydrogen-bond acceptors (Lipinski definition) is 3. The van der Waals surface area contributed by atoms with Crippen LogP contribution in [0.25, 0.3) is 0 Å². The first kappa shape index (κ1) is 13.1. The van der Waals surface area contributed by atoms with Crippen molar-refractivity contribution < 1.29 is 17.2 Å². The summed E-state index contributed by atoms with van der Waals surface area (Å²) in [7, 11) is -3.58. The Morgan fingerprint density at radius 1 is 1.31 bits per heavy atom. The van der Waals surface area contributed by atoms with Gasteiger partial charge in [-0.15, -0.1) is 0 Å². The quantitative estimate of drug-likeness (QED) is 0.822. The first-order valence-electron chi connectivity index (χ1n) is 4.76. The maximum Gasteiger partial charge on any atom is 0.178 e. The Labute approximate surface area is 93.2 Å². The molecule has 2 N–H and O–H groups in total. The lowest BCUT2D eigenvalue weighted by Gasteiger charge is -2.06. The zero-order valence-corrected chi connectivity index (χ0v) is 9.60. The van der Waals surface area contributed by atoms with Crippen LogP contribution >= 0.6 is 0 Å². The molecule has 16 heavy (non-hydrogen) atoms. The molecule has 1 unspecified atom stereocenters. The maximum atomic E-state index is 12.8. The van der Waals surface area contributed by atoms with Crippen molar-refractivity contribution in [1.29, 1.82) is 0 Å². The normalized spacial score (nSPS) is 13.8. The lowest BCUT2D eigenvalue weighted by Crippen LogP contribution is -2.20. The molecule has 0 fully saturated rings. The molecule has 90 valence electrons. The molecule has 0 saturated carbocycles. The van der Waals surface area contributed by atoms with Gasteiger partial charge in [-0.25, -0.2) is 17.2 Å². The zero-order chi connectivity index (χ0) is 12.3. The van der Waals surface area contributed by atoms with Crippen molar-refractivity contribution in [3.8, 4) is 0 Å². The largest absolute Gasteiger partial charge is 0.328 e. The van der Waals surface area contributed by atoms with Crippen LogP contribution in [-0.4, -0.2) is 20.2 Å². The fraction of sp³-hybridized carbons (Fsp3) is 0.400. The number of halogens is 2. The maximum absolute atomic E-state index is 12.8. The van der Waals surface area contributed by atoms with Gasteiger partial charge in [0.2, 0.25) is 0 Å². The topological polar surface area (TPSA) is 60.2 Å². The van der Waals surface area contributed by atoms with E-state index in [-0.39, 0.29) is 23.1 Å². The van der Waals surface area contributed by atoms with Gasteiger partial charge < -0.3 is 5.73 Å². The van der Waals surface area contributed by atoms with Gasteiger partial charge in [0, 0.05) is 6.04 Å². The molecule has 0 amide bonds. The van der Waals surface area contributed by atoms with Gasteiger partial charge >= 0.3 is 0 Å². The van der Waals surface area contributed by atoms with Crippen LogP contribution in [0.15, 0.2) is 23.1 Å². The Kier molecular flexibility index (Phi) is 3.98. The van der Waals surface area contributed by atoms with Crippen molar-refractivity contribution in [2.45, 2.75) is 24.3 Å². The minimum atomic E-state index is -3.58.